The van der Waals surface area contributed by atoms with Crippen LogP contribution in [0.3, 0.4) is 0 Å². The molecule has 0 aliphatic carbocycles. The molecule has 128 valence electrons. The fourth-order valence-electron chi connectivity index (χ4n) is 1.93. The normalized spacial score (nSPS) is 9.48. The summed E-state index contributed by atoms with van der Waals surface area (Å²) in [6, 6.07) is 10.2. The Morgan fingerprint density at radius 2 is 2.00 bits per heavy atom. The van der Waals surface area contributed by atoms with Crippen molar-refractivity contribution in [2.75, 3.05) is 25.0 Å². The number of hydrogen-bond acceptors (Lipinski definition) is 5. The second-order valence-corrected chi connectivity index (χ2v) is 5.64. The predicted molar refractivity (Wildman–Crippen MR) is 101 cm³/mol. The van der Waals surface area contributed by atoms with Gasteiger partial charge in [0.2, 0.25) is 0 Å². The van der Waals surface area contributed by atoms with E-state index in [1.807, 2.05) is 25.2 Å². The average Bonchev–Trinajstić information content (AvgIpc) is 3.01. The van der Waals surface area contributed by atoms with Gasteiger partial charge in [-0.05, 0) is 18.6 Å². The lowest BCUT2D eigenvalue weighted by atomic mass is 10.3. The van der Waals surface area contributed by atoms with Crippen molar-refractivity contribution in [1.29, 1.82) is 0 Å². The predicted octanol–water partition coefficient (Wildman–Crippen LogP) is 2.70. The van der Waals surface area contributed by atoms with Gasteiger partial charge in [0.05, 0.1) is 0 Å². The first-order valence-corrected chi connectivity index (χ1v) is 7.77. The van der Waals surface area contributed by atoms with Gasteiger partial charge in [-0.3, -0.25) is 4.79 Å². The zero-order valence-electron chi connectivity index (χ0n) is 12.9. The van der Waals surface area contributed by atoms with E-state index >= 15 is 0 Å². The van der Waals surface area contributed by atoms with Crippen LogP contribution in [0.2, 0.25) is 0 Å². The van der Waals surface area contributed by atoms with Crippen LogP contribution >= 0.6 is 36.2 Å². The van der Waals surface area contributed by atoms with Gasteiger partial charge in [-0.15, -0.1) is 36.2 Å². The highest BCUT2D eigenvalue weighted by Crippen LogP contribution is 2.11. The van der Waals surface area contributed by atoms with Crippen molar-refractivity contribution in [2.45, 2.75) is 13.0 Å². The molecule has 1 aromatic heterocycles. The molecule has 0 aliphatic rings. The maximum Gasteiger partial charge on any atom is 0.270 e. The number of para-hydroxylation sites is 1. The van der Waals surface area contributed by atoms with E-state index < -0.39 is 0 Å². The minimum atomic E-state index is -0.131. The maximum atomic E-state index is 11.9. The third-order valence-electron chi connectivity index (χ3n) is 3.11. The van der Waals surface area contributed by atoms with Crippen molar-refractivity contribution in [3.05, 3.63) is 46.4 Å². The molecule has 0 unspecified atom stereocenters. The summed E-state index contributed by atoms with van der Waals surface area (Å²) in [7, 11) is 2.05. The Bertz CT molecular complexity index is 580. The zero-order chi connectivity index (χ0) is 15.1. The van der Waals surface area contributed by atoms with Gasteiger partial charge < -0.3 is 16.0 Å². The van der Waals surface area contributed by atoms with E-state index in [0.717, 1.165) is 18.0 Å². The third kappa shape index (κ3) is 6.74. The summed E-state index contributed by atoms with van der Waals surface area (Å²) in [6.45, 7) is 1.89. The van der Waals surface area contributed by atoms with E-state index in [9.17, 15) is 4.79 Å². The fourth-order valence-corrected chi connectivity index (χ4v) is 2.58. The number of thiazole rings is 1. The van der Waals surface area contributed by atoms with E-state index in [4.69, 9.17) is 5.73 Å². The van der Waals surface area contributed by atoms with Gasteiger partial charge in [-0.25, -0.2) is 4.98 Å². The Kier molecular flexibility index (Phi) is 10.6. The van der Waals surface area contributed by atoms with Crippen molar-refractivity contribution in [1.82, 2.24) is 10.3 Å². The number of hydrogen-bond donors (Lipinski definition) is 2. The molecule has 2 rings (SSSR count). The highest BCUT2D eigenvalue weighted by molar-refractivity contribution is 7.09. The molecule has 2 aromatic rings. The van der Waals surface area contributed by atoms with Gasteiger partial charge in [0, 0.05) is 37.7 Å². The van der Waals surface area contributed by atoms with Gasteiger partial charge in [0.25, 0.3) is 5.91 Å². The number of rotatable bonds is 7. The minimum Gasteiger partial charge on any atom is -0.375 e. The Morgan fingerprint density at radius 1 is 1.30 bits per heavy atom. The second kappa shape index (κ2) is 11.2. The first kappa shape index (κ1) is 21.7. The summed E-state index contributed by atoms with van der Waals surface area (Å²) in [5.41, 5.74) is 7.12. The lowest BCUT2D eigenvalue weighted by Crippen LogP contribution is -2.28. The summed E-state index contributed by atoms with van der Waals surface area (Å²) in [4.78, 5) is 18.2. The van der Waals surface area contributed by atoms with Crippen molar-refractivity contribution >= 4 is 47.7 Å². The smallest absolute Gasteiger partial charge is 0.270 e. The molecule has 8 heteroatoms. The summed E-state index contributed by atoms with van der Waals surface area (Å²) in [6.07, 6.45) is 0.880. The number of nitrogens with two attached hydrogens (primary N) is 1. The summed E-state index contributed by atoms with van der Waals surface area (Å²) < 4.78 is 0. The first-order chi connectivity index (χ1) is 10.2. The molecule has 0 atom stereocenters. The Morgan fingerprint density at radius 3 is 2.61 bits per heavy atom. The number of anilines is 1. The van der Waals surface area contributed by atoms with Crippen molar-refractivity contribution < 1.29 is 4.79 Å². The van der Waals surface area contributed by atoms with Crippen LogP contribution in [0.1, 0.15) is 21.9 Å². The average molecular weight is 377 g/mol. The minimum absolute atomic E-state index is 0. The van der Waals surface area contributed by atoms with Crippen LogP contribution in [0, 0.1) is 0 Å². The second-order valence-electron chi connectivity index (χ2n) is 4.70. The molecule has 0 radical (unpaired) electrons. The zero-order valence-corrected chi connectivity index (χ0v) is 15.3. The van der Waals surface area contributed by atoms with Crippen molar-refractivity contribution in [3.8, 4) is 0 Å². The molecule has 0 fully saturated rings. The highest BCUT2D eigenvalue weighted by Gasteiger charge is 2.09. The molecule has 3 N–H and O–H groups in total. The van der Waals surface area contributed by atoms with Gasteiger partial charge in [-0.1, -0.05) is 18.2 Å². The Balaban J connectivity index is 0.00000242. The summed E-state index contributed by atoms with van der Waals surface area (Å²) >= 11 is 1.41. The first-order valence-electron chi connectivity index (χ1n) is 6.89. The number of aromatic nitrogens is 1. The fraction of sp³-hybridized carbons (Fsp3) is 0.333. The van der Waals surface area contributed by atoms with Crippen LogP contribution in [-0.4, -0.2) is 31.0 Å². The third-order valence-corrected chi connectivity index (χ3v) is 3.98. The molecule has 0 aliphatic heterocycles. The topological polar surface area (TPSA) is 71.2 Å². The van der Waals surface area contributed by atoms with Gasteiger partial charge in [0.1, 0.15) is 10.7 Å². The van der Waals surface area contributed by atoms with Gasteiger partial charge in [0.15, 0.2) is 0 Å². The Labute approximate surface area is 153 Å². The summed E-state index contributed by atoms with van der Waals surface area (Å²) in [5, 5.41) is 5.41. The van der Waals surface area contributed by atoms with Crippen LogP contribution < -0.4 is 16.0 Å². The molecular formula is C15H22Cl2N4OS. The number of carbonyl (C=O) groups is 1. The quantitative estimate of drug-likeness (QED) is 0.728. The van der Waals surface area contributed by atoms with Crippen LogP contribution in [0.15, 0.2) is 35.7 Å². The monoisotopic (exact) mass is 376 g/mol. The van der Waals surface area contributed by atoms with E-state index in [-0.39, 0.29) is 30.7 Å². The van der Waals surface area contributed by atoms with Gasteiger partial charge in [-0.2, -0.15) is 0 Å². The maximum absolute atomic E-state index is 11.9. The molecule has 0 saturated heterocycles. The molecular weight excluding hydrogens is 355 g/mol. The molecule has 23 heavy (non-hydrogen) atoms. The number of benzene rings is 1. The molecule has 0 saturated carbocycles. The van der Waals surface area contributed by atoms with Crippen LogP contribution in [-0.2, 0) is 6.54 Å². The lowest BCUT2D eigenvalue weighted by Gasteiger charge is -2.19. The standard InChI is InChI=1S/C15H20N4OS.2ClH/c1-19(12-6-3-2-4-7-12)9-5-8-17-15(20)13-11-21-14(10-16)18-13;;/h2-4,6-7,11H,5,8-10,16H2,1H3,(H,17,20);2*1H. The molecule has 1 amide bonds. The molecule has 1 aromatic carbocycles. The molecule has 0 spiro atoms. The number of nitrogens with one attached hydrogen (secondary N) is 1. The van der Waals surface area contributed by atoms with Crippen LogP contribution in [0.25, 0.3) is 0 Å². The number of nitrogens with zero attached hydrogens (tertiary/aromatic N) is 2. The van der Waals surface area contributed by atoms with Gasteiger partial charge >= 0.3 is 0 Å². The number of amides is 1. The van der Waals surface area contributed by atoms with E-state index in [1.54, 1.807) is 5.38 Å². The number of carbonyl (C=O) groups excluding carboxylic acids is 1. The Hall–Kier alpha value is -1.34. The van der Waals surface area contributed by atoms with E-state index in [2.05, 4.69) is 27.3 Å². The summed E-state index contributed by atoms with van der Waals surface area (Å²) in [5.74, 6) is -0.131. The highest BCUT2D eigenvalue weighted by atomic mass is 35.5. The SMILES string of the molecule is CN(CCCNC(=O)c1csc(CN)n1)c1ccccc1.Cl.Cl. The van der Waals surface area contributed by atoms with E-state index in [1.165, 1.54) is 17.0 Å². The van der Waals surface area contributed by atoms with Crippen LogP contribution in [0.5, 0.6) is 0 Å². The molecule has 0 bridgehead atoms. The van der Waals surface area contributed by atoms with E-state index in [0.29, 0.717) is 18.8 Å². The lowest BCUT2D eigenvalue weighted by molar-refractivity contribution is 0.0949. The van der Waals surface area contributed by atoms with Crippen molar-refractivity contribution in [3.63, 3.8) is 0 Å². The largest absolute Gasteiger partial charge is 0.375 e. The molecule has 5 nitrogen and oxygen atoms in total. The van der Waals surface area contributed by atoms with Crippen molar-refractivity contribution in [2.24, 2.45) is 5.73 Å². The van der Waals surface area contributed by atoms with Crippen LogP contribution in [0.4, 0.5) is 5.69 Å². The number of halogens is 2. The molecule has 1 heterocycles.